The number of halogens is 1. The zero-order valence-corrected chi connectivity index (χ0v) is 17.8. The standard InChI is InChI=1S/C23H24ClN3OS/c24-22-11-10-19(29-22)16-26-12-14-27(15-13-26)17-23(28)25-21-9-5-4-8-20(21)18-6-2-1-3-7-18/h1-11H,12-17H2,(H,25,28). The minimum Gasteiger partial charge on any atom is -0.324 e. The van der Waals surface area contributed by atoms with E-state index in [0.717, 1.165) is 53.9 Å². The van der Waals surface area contributed by atoms with Crippen LogP contribution in [0.2, 0.25) is 4.34 Å². The molecule has 1 fully saturated rings. The molecule has 0 atom stereocenters. The molecule has 1 aliphatic heterocycles. The summed E-state index contributed by atoms with van der Waals surface area (Å²) in [6.45, 7) is 5.07. The van der Waals surface area contributed by atoms with Gasteiger partial charge in [0.25, 0.3) is 0 Å². The second-order valence-corrected chi connectivity index (χ2v) is 9.02. The highest BCUT2D eigenvalue weighted by Crippen LogP contribution is 2.27. The summed E-state index contributed by atoms with van der Waals surface area (Å²) in [5, 5.41) is 3.10. The number of hydrogen-bond donors (Lipinski definition) is 1. The molecule has 3 aromatic rings. The quantitative estimate of drug-likeness (QED) is 0.614. The molecule has 1 amide bonds. The first-order valence-electron chi connectivity index (χ1n) is 9.80. The molecule has 0 spiro atoms. The highest BCUT2D eigenvalue weighted by molar-refractivity contribution is 7.16. The third-order valence-electron chi connectivity index (χ3n) is 5.13. The third kappa shape index (κ3) is 5.46. The lowest BCUT2D eigenvalue weighted by Crippen LogP contribution is -2.48. The molecule has 0 aliphatic carbocycles. The maximum absolute atomic E-state index is 12.7. The molecule has 1 aromatic heterocycles. The van der Waals surface area contributed by atoms with Gasteiger partial charge in [0, 0.05) is 48.9 Å². The Morgan fingerprint density at radius 1 is 0.897 bits per heavy atom. The summed E-state index contributed by atoms with van der Waals surface area (Å²) in [4.78, 5) is 18.6. The number of carbonyl (C=O) groups excluding carboxylic acids is 1. The van der Waals surface area contributed by atoms with Crippen LogP contribution in [0.5, 0.6) is 0 Å². The van der Waals surface area contributed by atoms with Crippen molar-refractivity contribution >= 4 is 34.5 Å². The fourth-order valence-electron chi connectivity index (χ4n) is 3.62. The van der Waals surface area contributed by atoms with Gasteiger partial charge in [-0.15, -0.1) is 11.3 Å². The maximum atomic E-state index is 12.7. The van der Waals surface area contributed by atoms with Crippen molar-refractivity contribution in [3.05, 3.63) is 75.9 Å². The van der Waals surface area contributed by atoms with E-state index in [1.54, 1.807) is 11.3 Å². The number of thiophene rings is 1. The molecule has 1 aliphatic rings. The van der Waals surface area contributed by atoms with Gasteiger partial charge in [-0.2, -0.15) is 0 Å². The number of carbonyl (C=O) groups is 1. The van der Waals surface area contributed by atoms with Gasteiger partial charge in [0.2, 0.25) is 5.91 Å². The first-order chi connectivity index (χ1) is 14.2. The number of amides is 1. The fraction of sp³-hybridized carbons (Fsp3) is 0.261. The second kappa shape index (κ2) is 9.55. The molecular formula is C23H24ClN3OS. The Kier molecular flexibility index (Phi) is 6.62. The summed E-state index contributed by atoms with van der Waals surface area (Å²) >= 11 is 7.66. The van der Waals surface area contributed by atoms with Crippen molar-refractivity contribution in [1.82, 2.24) is 9.80 Å². The molecule has 0 saturated carbocycles. The van der Waals surface area contributed by atoms with Gasteiger partial charge in [-0.3, -0.25) is 14.6 Å². The van der Waals surface area contributed by atoms with Crippen molar-refractivity contribution in [2.45, 2.75) is 6.54 Å². The van der Waals surface area contributed by atoms with E-state index in [1.807, 2.05) is 48.5 Å². The Morgan fingerprint density at radius 2 is 1.59 bits per heavy atom. The highest BCUT2D eigenvalue weighted by Gasteiger charge is 2.20. The van der Waals surface area contributed by atoms with Crippen LogP contribution in [0, 0.1) is 0 Å². The Hall–Kier alpha value is -2.18. The van der Waals surface area contributed by atoms with E-state index in [-0.39, 0.29) is 5.91 Å². The summed E-state index contributed by atoms with van der Waals surface area (Å²) in [6, 6.07) is 22.1. The number of nitrogens with zero attached hydrogens (tertiary/aromatic N) is 2. The van der Waals surface area contributed by atoms with Crippen LogP contribution in [0.4, 0.5) is 5.69 Å². The minimum absolute atomic E-state index is 0.0341. The molecule has 6 heteroatoms. The van der Waals surface area contributed by atoms with Crippen LogP contribution in [0.3, 0.4) is 0 Å². The number of nitrogens with one attached hydrogen (secondary N) is 1. The van der Waals surface area contributed by atoms with Gasteiger partial charge in [0.15, 0.2) is 0 Å². The fourth-order valence-corrected chi connectivity index (χ4v) is 4.75. The number of piperazine rings is 1. The van der Waals surface area contributed by atoms with Crippen molar-refractivity contribution in [3.63, 3.8) is 0 Å². The van der Waals surface area contributed by atoms with E-state index in [9.17, 15) is 4.79 Å². The van der Waals surface area contributed by atoms with Crippen LogP contribution in [0.25, 0.3) is 11.1 Å². The van der Waals surface area contributed by atoms with E-state index >= 15 is 0 Å². The third-order valence-corrected chi connectivity index (χ3v) is 6.34. The number of benzene rings is 2. The predicted molar refractivity (Wildman–Crippen MR) is 122 cm³/mol. The van der Waals surface area contributed by atoms with Crippen LogP contribution < -0.4 is 5.32 Å². The Balaban J connectivity index is 1.30. The topological polar surface area (TPSA) is 35.6 Å². The molecule has 150 valence electrons. The van der Waals surface area contributed by atoms with Crippen LogP contribution in [-0.2, 0) is 11.3 Å². The zero-order chi connectivity index (χ0) is 20.1. The van der Waals surface area contributed by atoms with Crippen molar-refractivity contribution in [2.24, 2.45) is 0 Å². The van der Waals surface area contributed by atoms with Gasteiger partial charge < -0.3 is 5.32 Å². The van der Waals surface area contributed by atoms with Crippen LogP contribution >= 0.6 is 22.9 Å². The molecule has 1 N–H and O–H groups in total. The molecule has 4 nitrogen and oxygen atoms in total. The number of para-hydroxylation sites is 1. The van der Waals surface area contributed by atoms with Crippen molar-refractivity contribution < 1.29 is 4.79 Å². The normalized spacial score (nSPS) is 15.3. The SMILES string of the molecule is O=C(CN1CCN(Cc2ccc(Cl)s2)CC1)Nc1ccccc1-c1ccccc1. The molecule has 0 unspecified atom stereocenters. The summed E-state index contributed by atoms with van der Waals surface area (Å²) in [6.07, 6.45) is 0. The van der Waals surface area contributed by atoms with Gasteiger partial charge in [-0.05, 0) is 23.8 Å². The summed E-state index contributed by atoms with van der Waals surface area (Å²) < 4.78 is 0.839. The lowest BCUT2D eigenvalue weighted by molar-refractivity contribution is -0.117. The largest absolute Gasteiger partial charge is 0.324 e. The van der Waals surface area contributed by atoms with Crippen molar-refractivity contribution in [2.75, 3.05) is 38.0 Å². The van der Waals surface area contributed by atoms with E-state index < -0.39 is 0 Å². The summed E-state index contributed by atoms with van der Waals surface area (Å²) in [5.74, 6) is 0.0341. The monoisotopic (exact) mass is 425 g/mol. The van der Waals surface area contributed by atoms with E-state index in [0.29, 0.717) is 6.54 Å². The van der Waals surface area contributed by atoms with Crippen LogP contribution in [0.15, 0.2) is 66.7 Å². The van der Waals surface area contributed by atoms with Crippen molar-refractivity contribution in [3.8, 4) is 11.1 Å². The number of rotatable bonds is 6. The van der Waals surface area contributed by atoms with Gasteiger partial charge >= 0.3 is 0 Å². The molecule has 4 rings (SSSR count). The summed E-state index contributed by atoms with van der Waals surface area (Å²) in [5.41, 5.74) is 3.00. The number of hydrogen-bond acceptors (Lipinski definition) is 4. The molecule has 2 aromatic carbocycles. The predicted octanol–water partition coefficient (Wildman–Crippen LogP) is 4.82. The molecule has 29 heavy (non-hydrogen) atoms. The maximum Gasteiger partial charge on any atom is 0.238 e. The highest BCUT2D eigenvalue weighted by atomic mass is 35.5. The molecule has 0 bridgehead atoms. The summed E-state index contributed by atoms with van der Waals surface area (Å²) in [7, 11) is 0. The van der Waals surface area contributed by atoms with E-state index in [1.165, 1.54) is 4.88 Å². The van der Waals surface area contributed by atoms with Crippen LogP contribution in [0.1, 0.15) is 4.88 Å². The van der Waals surface area contributed by atoms with Crippen molar-refractivity contribution in [1.29, 1.82) is 0 Å². The zero-order valence-electron chi connectivity index (χ0n) is 16.2. The first-order valence-corrected chi connectivity index (χ1v) is 11.0. The van der Waals surface area contributed by atoms with E-state index in [4.69, 9.17) is 11.6 Å². The Labute approximate surface area is 180 Å². The lowest BCUT2D eigenvalue weighted by atomic mass is 10.0. The number of anilines is 1. The van der Waals surface area contributed by atoms with E-state index in [2.05, 4.69) is 33.3 Å². The average Bonchev–Trinajstić information content (AvgIpc) is 3.15. The van der Waals surface area contributed by atoms with Gasteiger partial charge in [-0.25, -0.2) is 0 Å². The molecular weight excluding hydrogens is 402 g/mol. The van der Waals surface area contributed by atoms with Gasteiger partial charge in [0.1, 0.15) is 0 Å². The van der Waals surface area contributed by atoms with Crippen LogP contribution in [-0.4, -0.2) is 48.4 Å². The molecule has 0 radical (unpaired) electrons. The lowest BCUT2D eigenvalue weighted by Gasteiger charge is -2.34. The van der Waals surface area contributed by atoms with Gasteiger partial charge in [0.05, 0.1) is 10.9 Å². The minimum atomic E-state index is 0.0341. The average molecular weight is 426 g/mol. The molecule has 1 saturated heterocycles. The van der Waals surface area contributed by atoms with Gasteiger partial charge in [-0.1, -0.05) is 60.1 Å². The molecule has 2 heterocycles. The smallest absolute Gasteiger partial charge is 0.238 e. The second-order valence-electron chi connectivity index (χ2n) is 7.22. The Bertz CT molecular complexity index is 952. The first kappa shape index (κ1) is 20.1. The Morgan fingerprint density at radius 3 is 2.31 bits per heavy atom.